The molecule has 5 rings (SSSR count). The fraction of sp³-hybridized carbons (Fsp3) is 0.381. The van der Waals surface area contributed by atoms with Crippen molar-refractivity contribution in [3.63, 3.8) is 0 Å². The third kappa shape index (κ3) is 3.27. The minimum atomic E-state index is -3.15. The summed E-state index contributed by atoms with van der Waals surface area (Å²) in [4.78, 5) is 17.4. The van der Waals surface area contributed by atoms with Crippen molar-refractivity contribution in [1.29, 1.82) is 0 Å². The lowest BCUT2D eigenvalue weighted by Gasteiger charge is -2.11. The van der Waals surface area contributed by atoms with Crippen LogP contribution in [0.4, 0.5) is 4.39 Å². The van der Waals surface area contributed by atoms with E-state index in [0.717, 1.165) is 18.5 Å². The van der Waals surface area contributed by atoms with E-state index in [2.05, 4.69) is 0 Å². The molecule has 2 aromatic heterocycles. The Kier molecular flexibility index (Phi) is 4.39. The van der Waals surface area contributed by atoms with Gasteiger partial charge in [-0.05, 0) is 49.6 Å². The zero-order chi connectivity index (χ0) is 21.0. The minimum absolute atomic E-state index is 0.0183. The number of nitrogens with zero attached hydrogens (tertiary/aromatic N) is 3. The molecule has 0 amide bonds. The molecule has 3 aromatic rings. The van der Waals surface area contributed by atoms with E-state index in [1.165, 1.54) is 19.2 Å². The Morgan fingerprint density at radius 3 is 2.53 bits per heavy atom. The van der Waals surface area contributed by atoms with Crippen molar-refractivity contribution in [2.24, 2.45) is 0 Å². The summed E-state index contributed by atoms with van der Waals surface area (Å²) in [5, 5.41) is 5.20. The molecule has 1 saturated heterocycles. The van der Waals surface area contributed by atoms with Crippen LogP contribution in [0.25, 0.3) is 22.3 Å². The number of pyridine rings is 1. The first kappa shape index (κ1) is 19.2. The Balaban J connectivity index is 1.80. The third-order valence-electron chi connectivity index (χ3n) is 5.75. The highest BCUT2D eigenvalue weighted by molar-refractivity contribution is 7.91. The van der Waals surface area contributed by atoms with Gasteiger partial charge in [-0.3, -0.25) is 0 Å². The maximum absolute atomic E-state index is 13.5. The van der Waals surface area contributed by atoms with Crippen LogP contribution in [0, 0.1) is 5.82 Å². The van der Waals surface area contributed by atoms with Gasteiger partial charge in [0, 0.05) is 17.2 Å². The van der Waals surface area contributed by atoms with Crippen LogP contribution in [0.1, 0.15) is 47.3 Å². The maximum Gasteiger partial charge on any atom is 0.338 e. The summed E-state index contributed by atoms with van der Waals surface area (Å²) >= 11 is 0. The summed E-state index contributed by atoms with van der Waals surface area (Å²) in [6, 6.07) is 7.20. The van der Waals surface area contributed by atoms with E-state index in [9.17, 15) is 17.6 Å². The Bertz CT molecular complexity index is 1260. The van der Waals surface area contributed by atoms with Gasteiger partial charge in [-0.25, -0.2) is 27.3 Å². The minimum Gasteiger partial charge on any atom is -0.465 e. The first-order valence-electron chi connectivity index (χ1n) is 9.84. The molecule has 2 aliphatic rings. The number of aromatic nitrogens is 3. The SMILES string of the molecule is COC(=O)c1cc(C2CC2)nc2c1c(-c1ccc(F)cc1)nn2[C@@H]1CCS(=O)(=O)C1. The molecular weight excluding hydrogens is 409 g/mol. The number of rotatable bonds is 4. The Morgan fingerprint density at radius 1 is 1.20 bits per heavy atom. The van der Waals surface area contributed by atoms with Crippen molar-refractivity contribution < 1.29 is 22.3 Å². The number of carbonyl (C=O) groups excluding carboxylic acids is 1. The summed E-state index contributed by atoms with van der Waals surface area (Å²) < 4.78 is 44.3. The van der Waals surface area contributed by atoms with Gasteiger partial charge >= 0.3 is 5.97 Å². The van der Waals surface area contributed by atoms with Crippen molar-refractivity contribution in [3.05, 3.63) is 47.4 Å². The van der Waals surface area contributed by atoms with Gasteiger partial charge in [0.1, 0.15) is 11.5 Å². The molecule has 9 heteroatoms. The summed E-state index contributed by atoms with van der Waals surface area (Å²) in [5.41, 5.74) is 2.68. The molecule has 1 atom stereocenters. The molecule has 30 heavy (non-hydrogen) atoms. The van der Waals surface area contributed by atoms with Gasteiger partial charge < -0.3 is 4.74 Å². The van der Waals surface area contributed by atoms with Crippen LogP contribution in [-0.4, -0.2) is 47.8 Å². The summed E-state index contributed by atoms with van der Waals surface area (Å²) in [7, 11) is -1.83. The number of carbonyl (C=O) groups is 1. The molecule has 3 heterocycles. The lowest BCUT2D eigenvalue weighted by molar-refractivity contribution is 0.0602. The van der Waals surface area contributed by atoms with Gasteiger partial charge in [-0.1, -0.05) is 0 Å². The van der Waals surface area contributed by atoms with E-state index in [0.29, 0.717) is 34.3 Å². The number of hydrogen-bond donors (Lipinski definition) is 0. The lowest BCUT2D eigenvalue weighted by atomic mass is 10.0. The fourth-order valence-electron chi connectivity index (χ4n) is 4.05. The van der Waals surface area contributed by atoms with E-state index in [1.807, 2.05) is 0 Å². The second kappa shape index (κ2) is 6.87. The summed E-state index contributed by atoms with van der Waals surface area (Å²) in [6.45, 7) is 0. The first-order valence-corrected chi connectivity index (χ1v) is 11.7. The van der Waals surface area contributed by atoms with Gasteiger partial charge in [0.2, 0.25) is 0 Å². The largest absolute Gasteiger partial charge is 0.465 e. The normalized spacial score (nSPS) is 20.5. The number of halogens is 1. The standard InChI is InChI=1S/C21H20FN3O4S/c1-29-21(26)16-10-17(12-2-3-12)23-20-18(16)19(13-4-6-14(22)7-5-13)24-25(20)15-8-9-30(27,28)11-15/h4-7,10,12,15H,2-3,8-9,11H2,1H3/t15-/m1/s1. The molecule has 0 bridgehead atoms. The van der Waals surface area contributed by atoms with E-state index >= 15 is 0 Å². The predicted molar refractivity (Wildman–Crippen MR) is 109 cm³/mol. The average Bonchev–Trinajstić information content (AvgIpc) is 3.42. The maximum atomic E-state index is 13.5. The quantitative estimate of drug-likeness (QED) is 0.591. The number of fused-ring (bicyclic) bond motifs is 1. The molecule has 0 unspecified atom stereocenters. The molecule has 2 fully saturated rings. The lowest BCUT2D eigenvalue weighted by Crippen LogP contribution is -2.13. The van der Waals surface area contributed by atoms with Crippen molar-refractivity contribution >= 4 is 26.8 Å². The Morgan fingerprint density at radius 2 is 1.93 bits per heavy atom. The number of benzene rings is 1. The van der Waals surface area contributed by atoms with Crippen LogP contribution in [0.3, 0.4) is 0 Å². The molecule has 0 radical (unpaired) electrons. The van der Waals surface area contributed by atoms with Crippen LogP contribution in [0.15, 0.2) is 30.3 Å². The van der Waals surface area contributed by atoms with E-state index < -0.39 is 15.8 Å². The van der Waals surface area contributed by atoms with Crippen LogP contribution < -0.4 is 0 Å². The molecular formula is C21H20FN3O4S. The molecule has 0 spiro atoms. The van der Waals surface area contributed by atoms with E-state index in [1.54, 1.807) is 22.9 Å². The highest BCUT2D eigenvalue weighted by atomic mass is 32.2. The van der Waals surface area contributed by atoms with Crippen LogP contribution in [0.5, 0.6) is 0 Å². The number of esters is 1. The molecule has 1 aliphatic heterocycles. The molecule has 1 aromatic carbocycles. The Hall–Kier alpha value is -2.81. The molecule has 1 saturated carbocycles. The third-order valence-corrected chi connectivity index (χ3v) is 7.50. The zero-order valence-corrected chi connectivity index (χ0v) is 17.2. The van der Waals surface area contributed by atoms with E-state index in [4.69, 9.17) is 14.8 Å². The average molecular weight is 429 g/mol. The number of sulfone groups is 1. The van der Waals surface area contributed by atoms with Crippen molar-refractivity contribution in [2.75, 3.05) is 18.6 Å². The van der Waals surface area contributed by atoms with Gasteiger partial charge in [-0.15, -0.1) is 0 Å². The Labute approximate surface area is 172 Å². The first-order chi connectivity index (χ1) is 14.4. The predicted octanol–water partition coefficient (Wildman–Crippen LogP) is 3.26. The van der Waals surface area contributed by atoms with Crippen LogP contribution in [-0.2, 0) is 14.6 Å². The molecule has 156 valence electrons. The molecule has 0 N–H and O–H groups in total. The number of hydrogen-bond acceptors (Lipinski definition) is 6. The summed E-state index contributed by atoms with van der Waals surface area (Å²) in [6.07, 6.45) is 2.43. The second-order valence-electron chi connectivity index (χ2n) is 7.92. The topological polar surface area (TPSA) is 91.2 Å². The number of ether oxygens (including phenoxy) is 1. The van der Waals surface area contributed by atoms with Crippen molar-refractivity contribution in [2.45, 2.75) is 31.2 Å². The van der Waals surface area contributed by atoms with Crippen molar-refractivity contribution in [1.82, 2.24) is 14.8 Å². The molecule has 7 nitrogen and oxygen atoms in total. The van der Waals surface area contributed by atoms with Gasteiger partial charge in [-0.2, -0.15) is 5.10 Å². The smallest absolute Gasteiger partial charge is 0.338 e. The fourth-order valence-corrected chi connectivity index (χ4v) is 5.74. The van der Waals surface area contributed by atoms with Crippen LogP contribution in [0.2, 0.25) is 0 Å². The van der Waals surface area contributed by atoms with Gasteiger partial charge in [0.25, 0.3) is 0 Å². The second-order valence-corrected chi connectivity index (χ2v) is 10.1. The van der Waals surface area contributed by atoms with Crippen molar-refractivity contribution in [3.8, 4) is 11.3 Å². The van der Waals surface area contributed by atoms with Gasteiger partial charge in [0.15, 0.2) is 15.5 Å². The molecule has 1 aliphatic carbocycles. The zero-order valence-electron chi connectivity index (χ0n) is 16.3. The number of methoxy groups -OCH3 is 1. The van der Waals surface area contributed by atoms with Crippen LogP contribution >= 0.6 is 0 Å². The monoisotopic (exact) mass is 429 g/mol. The summed E-state index contributed by atoms with van der Waals surface area (Å²) in [5.74, 6) is -0.534. The highest BCUT2D eigenvalue weighted by Gasteiger charge is 2.34. The highest BCUT2D eigenvalue weighted by Crippen LogP contribution is 2.42. The van der Waals surface area contributed by atoms with Gasteiger partial charge in [0.05, 0.1) is 35.6 Å². The van der Waals surface area contributed by atoms with E-state index in [-0.39, 0.29) is 29.3 Å².